The van der Waals surface area contributed by atoms with Crippen molar-refractivity contribution in [2.45, 2.75) is 13.3 Å². The van der Waals surface area contributed by atoms with Crippen LogP contribution in [0.3, 0.4) is 0 Å². The Bertz CT molecular complexity index is 1030. The molecule has 0 saturated heterocycles. The van der Waals surface area contributed by atoms with Crippen molar-refractivity contribution < 1.29 is 24.0 Å². The number of carbonyl (C=O) groups excluding carboxylic acids is 2. The molecule has 0 N–H and O–H groups in total. The lowest BCUT2D eigenvalue weighted by Gasteiger charge is -2.31. The Hall–Kier alpha value is -4.13. The summed E-state index contributed by atoms with van der Waals surface area (Å²) in [5, 5.41) is 20.1. The maximum Gasteiger partial charge on any atom is 0.271 e. The van der Waals surface area contributed by atoms with Gasteiger partial charge in [-0.2, -0.15) is 5.26 Å². The minimum absolute atomic E-state index is 0.0953. The number of benzene rings is 2. The SMILES string of the molecule is CCOc1ccc(N(CCC#N)C(=O)CN2C(=O)COc3ccc([N+](=O)[O-])cc32)cc1. The second-order valence-corrected chi connectivity index (χ2v) is 6.56. The maximum absolute atomic E-state index is 13.1. The molecule has 2 aromatic rings. The van der Waals surface area contributed by atoms with Crippen molar-refractivity contribution in [3.05, 3.63) is 52.6 Å². The lowest BCUT2D eigenvalue weighted by molar-refractivity contribution is -0.384. The Morgan fingerprint density at radius 1 is 1.32 bits per heavy atom. The highest BCUT2D eigenvalue weighted by molar-refractivity contribution is 6.06. The summed E-state index contributed by atoms with van der Waals surface area (Å²) < 4.78 is 10.7. The van der Waals surface area contributed by atoms with E-state index in [1.54, 1.807) is 24.3 Å². The second kappa shape index (κ2) is 9.58. The van der Waals surface area contributed by atoms with Gasteiger partial charge in [0.25, 0.3) is 11.6 Å². The summed E-state index contributed by atoms with van der Waals surface area (Å²) >= 11 is 0. The molecule has 1 aliphatic rings. The number of carbonyl (C=O) groups is 2. The quantitative estimate of drug-likeness (QED) is 0.471. The van der Waals surface area contributed by atoms with Crippen LogP contribution < -0.4 is 19.3 Å². The fourth-order valence-corrected chi connectivity index (χ4v) is 3.15. The third-order valence-corrected chi connectivity index (χ3v) is 4.60. The van der Waals surface area contributed by atoms with Crippen molar-refractivity contribution >= 4 is 28.9 Å². The second-order valence-electron chi connectivity index (χ2n) is 6.56. The number of hydrogen-bond donors (Lipinski definition) is 0. The minimum atomic E-state index is -0.585. The van der Waals surface area contributed by atoms with Crippen LogP contribution in [0.25, 0.3) is 0 Å². The number of hydrogen-bond acceptors (Lipinski definition) is 7. The molecule has 2 amide bonds. The van der Waals surface area contributed by atoms with Crippen LogP contribution in [0.15, 0.2) is 42.5 Å². The fraction of sp³-hybridized carbons (Fsp3) is 0.286. The lowest BCUT2D eigenvalue weighted by atomic mass is 10.2. The molecule has 3 rings (SSSR count). The van der Waals surface area contributed by atoms with Gasteiger partial charge in [0.05, 0.1) is 29.7 Å². The summed E-state index contributed by atoms with van der Waals surface area (Å²) in [4.78, 5) is 38.7. The highest BCUT2D eigenvalue weighted by atomic mass is 16.6. The Morgan fingerprint density at radius 3 is 2.71 bits per heavy atom. The number of amides is 2. The molecule has 2 aromatic carbocycles. The van der Waals surface area contributed by atoms with Crippen molar-refractivity contribution in [1.82, 2.24) is 0 Å². The predicted molar refractivity (Wildman–Crippen MR) is 111 cm³/mol. The van der Waals surface area contributed by atoms with Gasteiger partial charge < -0.3 is 14.4 Å². The number of non-ortho nitro benzene ring substituents is 1. The molecule has 10 heteroatoms. The predicted octanol–water partition coefficient (Wildman–Crippen LogP) is 2.67. The highest BCUT2D eigenvalue weighted by Gasteiger charge is 2.31. The molecule has 0 fully saturated rings. The van der Waals surface area contributed by atoms with Crippen molar-refractivity contribution in [2.75, 3.05) is 36.1 Å². The number of nitriles is 1. The average Bonchev–Trinajstić information content (AvgIpc) is 2.77. The van der Waals surface area contributed by atoms with Crippen LogP contribution in [0, 0.1) is 21.4 Å². The Balaban J connectivity index is 1.87. The number of rotatable bonds is 8. The van der Waals surface area contributed by atoms with Crippen LogP contribution in [0.5, 0.6) is 11.5 Å². The number of anilines is 2. The van der Waals surface area contributed by atoms with Gasteiger partial charge in [-0.1, -0.05) is 0 Å². The number of fused-ring (bicyclic) bond motifs is 1. The zero-order chi connectivity index (χ0) is 22.4. The van der Waals surface area contributed by atoms with Crippen LogP contribution in [0.1, 0.15) is 13.3 Å². The van der Waals surface area contributed by atoms with E-state index in [0.29, 0.717) is 18.0 Å². The van der Waals surface area contributed by atoms with Gasteiger partial charge >= 0.3 is 0 Å². The van der Waals surface area contributed by atoms with E-state index in [-0.39, 0.29) is 43.2 Å². The zero-order valence-electron chi connectivity index (χ0n) is 16.8. The molecule has 0 radical (unpaired) electrons. The van der Waals surface area contributed by atoms with E-state index in [2.05, 4.69) is 0 Å². The monoisotopic (exact) mass is 424 g/mol. The highest BCUT2D eigenvalue weighted by Crippen LogP contribution is 2.35. The summed E-state index contributed by atoms with van der Waals surface area (Å²) in [7, 11) is 0. The van der Waals surface area contributed by atoms with Crippen molar-refractivity contribution in [3.8, 4) is 17.6 Å². The average molecular weight is 424 g/mol. The van der Waals surface area contributed by atoms with Crippen LogP contribution in [0.4, 0.5) is 17.1 Å². The molecule has 0 atom stereocenters. The van der Waals surface area contributed by atoms with E-state index in [0.717, 1.165) is 0 Å². The summed E-state index contributed by atoms with van der Waals surface area (Å²) in [5.41, 5.74) is 0.483. The van der Waals surface area contributed by atoms with Gasteiger partial charge in [-0.05, 0) is 37.3 Å². The normalized spacial score (nSPS) is 12.4. The first kappa shape index (κ1) is 21.6. The van der Waals surface area contributed by atoms with Crippen molar-refractivity contribution in [3.63, 3.8) is 0 Å². The zero-order valence-corrected chi connectivity index (χ0v) is 16.8. The van der Waals surface area contributed by atoms with E-state index in [9.17, 15) is 19.7 Å². The van der Waals surface area contributed by atoms with Gasteiger partial charge in [-0.3, -0.25) is 24.6 Å². The van der Waals surface area contributed by atoms with Crippen LogP contribution in [-0.4, -0.2) is 43.0 Å². The Kier molecular flexibility index (Phi) is 6.67. The molecule has 0 spiro atoms. The number of nitrogens with zero attached hydrogens (tertiary/aromatic N) is 4. The topological polar surface area (TPSA) is 126 Å². The first-order chi connectivity index (χ1) is 14.9. The van der Waals surface area contributed by atoms with Crippen molar-refractivity contribution in [2.24, 2.45) is 0 Å². The van der Waals surface area contributed by atoms with Crippen LogP contribution in [0.2, 0.25) is 0 Å². The molecule has 1 aliphatic heterocycles. The molecule has 0 aromatic heterocycles. The first-order valence-electron chi connectivity index (χ1n) is 9.56. The third-order valence-electron chi connectivity index (χ3n) is 4.60. The number of nitro benzene ring substituents is 1. The summed E-state index contributed by atoms with van der Waals surface area (Å²) in [6.45, 7) is 1.86. The molecule has 0 unspecified atom stereocenters. The smallest absolute Gasteiger partial charge is 0.271 e. The maximum atomic E-state index is 13.1. The Labute approximate surface area is 178 Å². The molecule has 0 bridgehead atoms. The Morgan fingerprint density at radius 2 is 2.06 bits per heavy atom. The van der Waals surface area contributed by atoms with Gasteiger partial charge in [0.15, 0.2) is 6.61 Å². The molecular weight excluding hydrogens is 404 g/mol. The molecule has 0 aliphatic carbocycles. The molecule has 10 nitrogen and oxygen atoms in total. The molecule has 160 valence electrons. The number of nitro groups is 1. The lowest BCUT2D eigenvalue weighted by Crippen LogP contribution is -2.46. The number of ether oxygens (including phenoxy) is 2. The van der Waals surface area contributed by atoms with Crippen LogP contribution in [-0.2, 0) is 9.59 Å². The van der Waals surface area contributed by atoms with E-state index in [1.165, 1.54) is 28.0 Å². The molecular formula is C21H20N4O6. The third kappa shape index (κ3) is 4.90. The van der Waals surface area contributed by atoms with Gasteiger partial charge in [-0.15, -0.1) is 0 Å². The first-order valence-corrected chi connectivity index (χ1v) is 9.56. The van der Waals surface area contributed by atoms with Gasteiger partial charge in [0.1, 0.15) is 18.0 Å². The minimum Gasteiger partial charge on any atom is -0.494 e. The summed E-state index contributed by atoms with van der Waals surface area (Å²) in [6, 6.07) is 12.7. The summed E-state index contributed by atoms with van der Waals surface area (Å²) in [6.07, 6.45) is 0.0953. The van der Waals surface area contributed by atoms with Gasteiger partial charge in [0, 0.05) is 24.4 Å². The largest absolute Gasteiger partial charge is 0.494 e. The molecule has 31 heavy (non-hydrogen) atoms. The van der Waals surface area contributed by atoms with E-state index in [1.807, 2.05) is 13.0 Å². The van der Waals surface area contributed by atoms with Crippen LogP contribution >= 0.6 is 0 Å². The van der Waals surface area contributed by atoms with Gasteiger partial charge in [0.2, 0.25) is 5.91 Å². The fourth-order valence-electron chi connectivity index (χ4n) is 3.15. The van der Waals surface area contributed by atoms with E-state index in [4.69, 9.17) is 14.7 Å². The summed E-state index contributed by atoms with van der Waals surface area (Å²) in [5.74, 6) is -0.00782. The molecule has 1 heterocycles. The standard InChI is InChI=1S/C21H20N4O6/c1-2-30-17-7-4-15(5-8-17)23(11-3-10-22)20(26)13-24-18-12-16(25(28)29)6-9-19(18)31-14-21(24)27/h4-9,12H,2-3,11,13-14H2,1H3. The van der Waals surface area contributed by atoms with E-state index >= 15 is 0 Å². The van der Waals surface area contributed by atoms with E-state index < -0.39 is 16.7 Å². The van der Waals surface area contributed by atoms with Gasteiger partial charge in [-0.25, -0.2) is 0 Å². The molecule has 0 saturated carbocycles. The van der Waals surface area contributed by atoms with Crippen molar-refractivity contribution in [1.29, 1.82) is 5.26 Å².